The number of fused-ring (bicyclic) bond motifs is 3. The highest BCUT2D eigenvalue weighted by atomic mass is 14.9. The van der Waals surface area contributed by atoms with Crippen LogP contribution in [0.4, 0.5) is 0 Å². The molecule has 0 aliphatic heterocycles. The molecule has 0 atom stereocenters. The van der Waals surface area contributed by atoms with Crippen LogP contribution in [0, 0.1) is 0 Å². The normalized spacial score (nSPS) is 11.2. The summed E-state index contributed by atoms with van der Waals surface area (Å²) in [5.74, 6) is 0.698. The molecular formula is C46H30N4. The molecule has 0 aliphatic rings. The van der Waals surface area contributed by atoms with Crippen LogP contribution in [0.2, 0.25) is 0 Å². The predicted molar refractivity (Wildman–Crippen MR) is 205 cm³/mol. The molecule has 0 unspecified atom stereocenters. The van der Waals surface area contributed by atoms with E-state index in [1.54, 1.807) is 0 Å². The Labute approximate surface area is 290 Å². The van der Waals surface area contributed by atoms with Crippen LogP contribution in [0.3, 0.4) is 0 Å². The standard InChI is InChI=1S/C46H30N4/c1-5-13-31(14-6-1)39-29-41(48-45-38(39)27-25-36-26-28-40(47-44(36)45)32-15-7-2-8-16-32)34-21-23-35(24-22-34)43-30-42(33-17-9-3-10-18-33)49-46(50-43)37-19-11-4-12-20-37/h1-30H. The minimum absolute atomic E-state index is 0.698. The fraction of sp³-hybridized carbons (Fsp3) is 0. The Morgan fingerprint density at radius 3 is 1.30 bits per heavy atom. The first-order valence-corrected chi connectivity index (χ1v) is 16.7. The maximum Gasteiger partial charge on any atom is 0.160 e. The molecule has 3 heterocycles. The largest absolute Gasteiger partial charge is 0.245 e. The highest BCUT2D eigenvalue weighted by Crippen LogP contribution is 2.36. The van der Waals surface area contributed by atoms with Gasteiger partial charge >= 0.3 is 0 Å². The van der Waals surface area contributed by atoms with Gasteiger partial charge in [0.2, 0.25) is 0 Å². The van der Waals surface area contributed by atoms with Gasteiger partial charge in [-0.1, -0.05) is 164 Å². The molecule has 0 saturated heterocycles. The summed E-state index contributed by atoms with van der Waals surface area (Å²) in [6.45, 7) is 0. The van der Waals surface area contributed by atoms with Crippen molar-refractivity contribution in [3.63, 3.8) is 0 Å². The summed E-state index contributed by atoms with van der Waals surface area (Å²) >= 11 is 0. The molecule has 4 nitrogen and oxygen atoms in total. The molecule has 0 radical (unpaired) electrons. The number of aromatic nitrogens is 4. The van der Waals surface area contributed by atoms with Crippen LogP contribution in [-0.4, -0.2) is 19.9 Å². The molecule has 0 saturated carbocycles. The lowest BCUT2D eigenvalue weighted by Gasteiger charge is -2.13. The highest BCUT2D eigenvalue weighted by Gasteiger charge is 2.15. The molecule has 0 amide bonds. The molecule has 3 aromatic heterocycles. The summed E-state index contributed by atoms with van der Waals surface area (Å²) in [7, 11) is 0. The van der Waals surface area contributed by atoms with Crippen LogP contribution in [0.5, 0.6) is 0 Å². The van der Waals surface area contributed by atoms with Crippen molar-refractivity contribution >= 4 is 21.8 Å². The van der Waals surface area contributed by atoms with Gasteiger partial charge in [0.05, 0.1) is 33.8 Å². The molecule has 9 rings (SSSR count). The summed E-state index contributed by atoms with van der Waals surface area (Å²) in [6.07, 6.45) is 0. The van der Waals surface area contributed by atoms with E-state index in [2.05, 4.69) is 115 Å². The van der Waals surface area contributed by atoms with Gasteiger partial charge in [-0.3, -0.25) is 0 Å². The molecule has 4 heteroatoms. The van der Waals surface area contributed by atoms with E-state index in [0.717, 1.165) is 83.5 Å². The van der Waals surface area contributed by atoms with Crippen LogP contribution in [0.25, 0.3) is 89.4 Å². The van der Waals surface area contributed by atoms with Crippen LogP contribution in [-0.2, 0) is 0 Å². The molecule has 0 fully saturated rings. The maximum atomic E-state index is 5.32. The molecule has 6 aromatic carbocycles. The third-order valence-corrected chi connectivity index (χ3v) is 9.10. The maximum absolute atomic E-state index is 5.32. The Kier molecular flexibility index (Phi) is 7.45. The smallest absolute Gasteiger partial charge is 0.160 e. The Morgan fingerprint density at radius 1 is 0.280 bits per heavy atom. The number of rotatable bonds is 6. The second-order valence-corrected chi connectivity index (χ2v) is 12.3. The summed E-state index contributed by atoms with van der Waals surface area (Å²) in [6, 6.07) is 62.6. The van der Waals surface area contributed by atoms with Crippen molar-refractivity contribution in [2.45, 2.75) is 0 Å². The summed E-state index contributed by atoms with van der Waals surface area (Å²) in [5.41, 5.74) is 12.7. The van der Waals surface area contributed by atoms with Crippen molar-refractivity contribution in [3.8, 4) is 67.5 Å². The van der Waals surface area contributed by atoms with Crippen LogP contribution in [0.15, 0.2) is 182 Å². The van der Waals surface area contributed by atoms with Gasteiger partial charge in [0.25, 0.3) is 0 Å². The van der Waals surface area contributed by atoms with Crippen molar-refractivity contribution in [2.24, 2.45) is 0 Å². The minimum atomic E-state index is 0.698. The van der Waals surface area contributed by atoms with Crippen molar-refractivity contribution in [1.82, 2.24) is 19.9 Å². The fourth-order valence-electron chi connectivity index (χ4n) is 6.53. The third kappa shape index (κ3) is 5.59. The lowest BCUT2D eigenvalue weighted by atomic mass is 9.96. The molecule has 234 valence electrons. The Hall–Kier alpha value is -6.78. The zero-order valence-electron chi connectivity index (χ0n) is 27.1. The van der Waals surface area contributed by atoms with E-state index in [4.69, 9.17) is 19.9 Å². The SMILES string of the molecule is c1ccc(-c2cc(-c3ccc(-c4cc(-c5ccccc5)c5ccc6ccc(-c7ccccc7)nc6c5n4)cc3)nc(-c3ccccc3)n2)cc1. The minimum Gasteiger partial charge on any atom is -0.245 e. The second-order valence-electron chi connectivity index (χ2n) is 12.3. The van der Waals surface area contributed by atoms with E-state index < -0.39 is 0 Å². The van der Waals surface area contributed by atoms with Gasteiger partial charge in [-0.2, -0.15) is 0 Å². The molecular weight excluding hydrogens is 609 g/mol. The van der Waals surface area contributed by atoms with Crippen molar-refractivity contribution < 1.29 is 0 Å². The van der Waals surface area contributed by atoms with E-state index in [1.165, 1.54) is 0 Å². The predicted octanol–water partition coefficient (Wildman–Crippen LogP) is 11.6. The van der Waals surface area contributed by atoms with E-state index in [0.29, 0.717) is 5.82 Å². The Balaban J connectivity index is 1.19. The van der Waals surface area contributed by atoms with Crippen LogP contribution in [0.1, 0.15) is 0 Å². The van der Waals surface area contributed by atoms with E-state index in [-0.39, 0.29) is 0 Å². The number of pyridine rings is 2. The van der Waals surface area contributed by atoms with Gasteiger partial charge in [0.1, 0.15) is 0 Å². The monoisotopic (exact) mass is 638 g/mol. The number of benzene rings is 6. The van der Waals surface area contributed by atoms with Crippen molar-refractivity contribution in [2.75, 3.05) is 0 Å². The van der Waals surface area contributed by atoms with Crippen molar-refractivity contribution in [3.05, 3.63) is 182 Å². The molecule has 50 heavy (non-hydrogen) atoms. The average molecular weight is 639 g/mol. The lowest BCUT2D eigenvalue weighted by Crippen LogP contribution is -1.96. The van der Waals surface area contributed by atoms with Gasteiger partial charge in [0.15, 0.2) is 5.82 Å². The third-order valence-electron chi connectivity index (χ3n) is 9.10. The van der Waals surface area contributed by atoms with Crippen molar-refractivity contribution in [1.29, 1.82) is 0 Å². The second kappa shape index (κ2) is 12.7. The zero-order valence-corrected chi connectivity index (χ0v) is 27.1. The van der Waals surface area contributed by atoms with Gasteiger partial charge in [0, 0.05) is 38.6 Å². The van der Waals surface area contributed by atoms with Gasteiger partial charge in [-0.25, -0.2) is 19.9 Å². The molecule has 0 N–H and O–H groups in total. The van der Waals surface area contributed by atoms with E-state index in [1.807, 2.05) is 66.7 Å². The van der Waals surface area contributed by atoms with Gasteiger partial charge in [-0.05, 0) is 29.3 Å². The zero-order chi connectivity index (χ0) is 33.3. The first-order chi connectivity index (χ1) is 24.8. The number of nitrogens with zero attached hydrogens (tertiary/aromatic N) is 4. The highest BCUT2D eigenvalue weighted by molar-refractivity contribution is 6.09. The van der Waals surface area contributed by atoms with E-state index >= 15 is 0 Å². The first-order valence-electron chi connectivity index (χ1n) is 16.7. The Morgan fingerprint density at radius 2 is 0.720 bits per heavy atom. The summed E-state index contributed by atoms with van der Waals surface area (Å²) in [5, 5.41) is 2.13. The van der Waals surface area contributed by atoms with Gasteiger partial charge in [-0.15, -0.1) is 0 Å². The molecule has 0 spiro atoms. The van der Waals surface area contributed by atoms with Crippen LogP contribution < -0.4 is 0 Å². The quantitative estimate of drug-likeness (QED) is 0.170. The molecule has 9 aromatic rings. The fourth-order valence-corrected chi connectivity index (χ4v) is 6.53. The molecule has 0 aliphatic carbocycles. The lowest BCUT2D eigenvalue weighted by molar-refractivity contribution is 1.18. The number of hydrogen-bond donors (Lipinski definition) is 0. The number of hydrogen-bond acceptors (Lipinski definition) is 4. The Bertz CT molecular complexity index is 2550. The van der Waals surface area contributed by atoms with Crippen LogP contribution >= 0.6 is 0 Å². The first kappa shape index (κ1) is 29.4. The summed E-state index contributed by atoms with van der Waals surface area (Å²) < 4.78 is 0. The summed E-state index contributed by atoms with van der Waals surface area (Å²) in [4.78, 5) is 20.5. The average Bonchev–Trinajstić information content (AvgIpc) is 3.21. The van der Waals surface area contributed by atoms with E-state index in [9.17, 15) is 0 Å². The van der Waals surface area contributed by atoms with Gasteiger partial charge < -0.3 is 0 Å². The topological polar surface area (TPSA) is 51.6 Å². The molecule has 0 bridgehead atoms.